The number of benzene rings is 1. The zero-order valence-corrected chi connectivity index (χ0v) is 11.8. The topological polar surface area (TPSA) is 78.7 Å². The van der Waals surface area contributed by atoms with E-state index in [4.69, 9.17) is 5.73 Å². The predicted octanol–water partition coefficient (Wildman–Crippen LogP) is 1.96. The lowest BCUT2D eigenvalue weighted by molar-refractivity contribution is 0.0943. The van der Waals surface area contributed by atoms with E-state index in [0.29, 0.717) is 11.4 Å². The molecule has 0 saturated heterocycles. The Kier molecular flexibility index (Phi) is 3.06. The molecule has 21 heavy (non-hydrogen) atoms. The molecular weight excluding hydrogens is 266 g/mol. The second-order valence-corrected chi connectivity index (χ2v) is 4.83. The molecule has 0 spiro atoms. The fourth-order valence-electron chi connectivity index (χ4n) is 2.25. The number of hydrogen-bond donors (Lipinski definition) is 1. The highest BCUT2D eigenvalue weighted by atomic mass is 16.2. The lowest BCUT2D eigenvalue weighted by Crippen LogP contribution is -2.16. The van der Waals surface area contributed by atoms with Crippen molar-refractivity contribution >= 4 is 11.7 Å². The second kappa shape index (κ2) is 4.90. The molecule has 3 aromatic rings. The molecule has 0 unspecified atom stereocenters. The monoisotopic (exact) mass is 281 g/mol. The SMILES string of the molecule is Cc1cc(C)n(C(=O)c2cnn(-c3ccccc3)c2N)n1. The number of nitrogens with two attached hydrogens (primary N) is 1. The van der Waals surface area contributed by atoms with Crippen LogP contribution in [0, 0.1) is 13.8 Å². The first-order valence-electron chi connectivity index (χ1n) is 6.55. The van der Waals surface area contributed by atoms with Crippen LogP contribution in [0.1, 0.15) is 21.7 Å². The number of rotatable bonds is 2. The molecule has 0 atom stereocenters. The molecule has 0 radical (unpaired) electrons. The summed E-state index contributed by atoms with van der Waals surface area (Å²) in [6.07, 6.45) is 1.47. The molecule has 6 nitrogen and oxygen atoms in total. The summed E-state index contributed by atoms with van der Waals surface area (Å²) < 4.78 is 2.89. The molecule has 1 aromatic carbocycles. The molecule has 2 N–H and O–H groups in total. The van der Waals surface area contributed by atoms with Gasteiger partial charge in [0.05, 0.1) is 17.6 Å². The van der Waals surface area contributed by atoms with Crippen molar-refractivity contribution in [3.8, 4) is 5.69 Å². The standard InChI is InChI=1S/C15H15N5O/c1-10-8-11(2)19(18-10)15(21)13-9-17-20(14(13)16)12-6-4-3-5-7-12/h3-9H,16H2,1-2H3. The third kappa shape index (κ3) is 2.20. The van der Waals surface area contributed by atoms with Gasteiger partial charge in [-0.3, -0.25) is 4.79 Å². The first-order valence-corrected chi connectivity index (χ1v) is 6.55. The summed E-state index contributed by atoms with van der Waals surface area (Å²) in [5.41, 5.74) is 8.77. The van der Waals surface area contributed by atoms with Gasteiger partial charge in [0.25, 0.3) is 5.91 Å². The Balaban J connectivity index is 2.03. The first-order chi connectivity index (χ1) is 10.1. The van der Waals surface area contributed by atoms with Crippen LogP contribution in [0.5, 0.6) is 0 Å². The summed E-state index contributed by atoms with van der Waals surface area (Å²) in [5, 5.41) is 8.38. The van der Waals surface area contributed by atoms with Gasteiger partial charge >= 0.3 is 0 Å². The number of carbonyl (C=O) groups excluding carboxylic acids is 1. The van der Waals surface area contributed by atoms with Gasteiger partial charge in [0, 0.05) is 5.69 Å². The van der Waals surface area contributed by atoms with Crippen LogP contribution >= 0.6 is 0 Å². The van der Waals surface area contributed by atoms with Crippen LogP contribution in [0.3, 0.4) is 0 Å². The molecule has 0 saturated carbocycles. The van der Waals surface area contributed by atoms with Gasteiger partial charge in [0.2, 0.25) is 0 Å². The Morgan fingerprint density at radius 3 is 2.52 bits per heavy atom. The number of nitrogens with zero attached hydrogens (tertiary/aromatic N) is 4. The molecule has 3 rings (SSSR count). The number of aryl methyl sites for hydroxylation is 2. The van der Waals surface area contributed by atoms with Gasteiger partial charge < -0.3 is 5.73 Å². The summed E-state index contributed by atoms with van der Waals surface area (Å²) in [7, 11) is 0. The van der Waals surface area contributed by atoms with Crippen LogP contribution in [0.4, 0.5) is 5.82 Å². The van der Waals surface area contributed by atoms with Gasteiger partial charge in [-0.25, -0.2) is 9.36 Å². The van der Waals surface area contributed by atoms with Crippen molar-refractivity contribution in [1.82, 2.24) is 19.6 Å². The van der Waals surface area contributed by atoms with Crippen molar-refractivity contribution in [1.29, 1.82) is 0 Å². The Morgan fingerprint density at radius 2 is 1.90 bits per heavy atom. The molecule has 0 aliphatic carbocycles. The zero-order chi connectivity index (χ0) is 15.0. The molecule has 0 fully saturated rings. The maximum absolute atomic E-state index is 12.5. The number of carbonyl (C=O) groups is 1. The van der Waals surface area contributed by atoms with Crippen molar-refractivity contribution in [3.63, 3.8) is 0 Å². The van der Waals surface area contributed by atoms with Gasteiger partial charge in [-0.1, -0.05) is 18.2 Å². The molecule has 0 aliphatic rings. The highest BCUT2D eigenvalue weighted by Crippen LogP contribution is 2.18. The molecule has 106 valence electrons. The first kappa shape index (κ1) is 13.1. The number of hydrogen-bond acceptors (Lipinski definition) is 4. The lowest BCUT2D eigenvalue weighted by atomic mass is 10.3. The molecule has 2 aromatic heterocycles. The molecule has 0 bridgehead atoms. The molecule has 2 heterocycles. The van der Waals surface area contributed by atoms with Gasteiger partial charge in [0.1, 0.15) is 11.4 Å². The van der Waals surface area contributed by atoms with Crippen LogP contribution in [-0.4, -0.2) is 25.5 Å². The summed E-state index contributed by atoms with van der Waals surface area (Å²) >= 11 is 0. The van der Waals surface area contributed by atoms with Gasteiger partial charge in [-0.2, -0.15) is 10.2 Å². The normalized spacial score (nSPS) is 10.8. The highest BCUT2D eigenvalue weighted by molar-refractivity contribution is 5.99. The van der Waals surface area contributed by atoms with E-state index in [-0.39, 0.29) is 5.91 Å². The minimum atomic E-state index is -0.278. The van der Waals surface area contributed by atoms with Gasteiger partial charge in [-0.15, -0.1) is 0 Å². The Morgan fingerprint density at radius 1 is 1.19 bits per heavy atom. The number of nitrogen functional groups attached to an aromatic ring is 1. The van der Waals surface area contributed by atoms with Crippen molar-refractivity contribution in [2.24, 2.45) is 0 Å². The van der Waals surface area contributed by atoms with Crippen LogP contribution in [-0.2, 0) is 0 Å². The molecular formula is C15H15N5O. The number of aromatic nitrogens is 4. The van der Waals surface area contributed by atoms with Crippen LogP contribution in [0.25, 0.3) is 5.69 Å². The van der Waals surface area contributed by atoms with E-state index in [0.717, 1.165) is 17.1 Å². The minimum absolute atomic E-state index is 0.278. The van der Waals surface area contributed by atoms with Crippen LogP contribution in [0.2, 0.25) is 0 Å². The minimum Gasteiger partial charge on any atom is -0.383 e. The fourth-order valence-corrected chi connectivity index (χ4v) is 2.25. The smallest absolute Gasteiger partial charge is 0.283 e. The quantitative estimate of drug-likeness (QED) is 0.778. The van der Waals surface area contributed by atoms with Crippen molar-refractivity contribution in [3.05, 3.63) is 59.5 Å². The zero-order valence-electron chi connectivity index (χ0n) is 11.8. The molecule has 6 heteroatoms. The maximum Gasteiger partial charge on any atom is 0.283 e. The van der Waals surface area contributed by atoms with Gasteiger partial charge in [-0.05, 0) is 32.0 Å². The Bertz CT molecular complexity index is 801. The van der Waals surface area contributed by atoms with E-state index in [9.17, 15) is 4.79 Å². The van der Waals surface area contributed by atoms with Crippen molar-refractivity contribution < 1.29 is 4.79 Å². The lowest BCUT2D eigenvalue weighted by Gasteiger charge is -2.05. The van der Waals surface area contributed by atoms with E-state index in [2.05, 4.69) is 10.2 Å². The summed E-state index contributed by atoms with van der Waals surface area (Å²) in [4.78, 5) is 12.5. The van der Waals surface area contributed by atoms with E-state index in [1.165, 1.54) is 10.9 Å². The van der Waals surface area contributed by atoms with E-state index in [1.807, 2.05) is 50.2 Å². The van der Waals surface area contributed by atoms with E-state index >= 15 is 0 Å². The average Bonchev–Trinajstić information content (AvgIpc) is 3.02. The van der Waals surface area contributed by atoms with Crippen molar-refractivity contribution in [2.45, 2.75) is 13.8 Å². The Hall–Kier alpha value is -2.89. The average molecular weight is 281 g/mol. The third-order valence-corrected chi connectivity index (χ3v) is 3.24. The van der Waals surface area contributed by atoms with E-state index < -0.39 is 0 Å². The number of para-hydroxylation sites is 1. The summed E-state index contributed by atoms with van der Waals surface area (Å²) in [6, 6.07) is 11.3. The Labute approximate surface area is 121 Å². The van der Waals surface area contributed by atoms with Crippen molar-refractivity contribution in [2.75, 3.05) is 5.73 Å². The number of anilines is 1. The van der Waals surface area contributed by atoms with Crippen LogP contribution < -0.4 is 5.73 Å². The predicted molar refractivity (Wildman–Crippen MR) is 79.4 cm³/mol. The molecule has 0 amide bonds. The second-order valence-electron chi connectivity index (χ2n) is 4.83. The summed E-state index contributed by atoms with van der Waals surface area (Å²) in [6.45, 7) is 3.67. The largest absolute Gasteiger partial charge is 0.383 e. The highest BCUT2D eigenvalue weighted by Gasteiger charge is 2.19. The molecule has 0 aliphatic heterocycles. The summed E-state index contributed by atoms with van der Waals surface area (Å²) in [5.74, 6) is 0.0269. The van der Waals surface area contributed by atoms with Gasteiger partial charge in [0.15, 0.2) is 0 Å². The van der Waals surface area contributed by atoms with E-state index in [1.54, 1.807) is 4.68 Å². The van der Waals surface area contributed by atoms with Crippen LogP contribution in [0.15, 0.2) is 42.6 Å². The fraction of sp³-hybridized carbons (Fsp3) is 0.133. The maximum atomic E-state index is 12.5. The third-order valence-electron chi connectivity index (χ3n) is 3.24.